The normalized spacial score (nSPS) is 19.9. The molecule has 0 atom stereocenters. The number of benzene rings is 1. The van der Waals surface area contributed by atoms with Gasteiger partial charge in [0.05, 0.1) is 18.0 Å². The van der Waals surface area contributed by atoms with Gasteiger partial charge in [0.1, 0.15) is 5.75 Å². The molecule has 1 aliphatic heterocycles. The van der Waals surface area contributed by atoms with E-state index in [0.29, 0.717) is 18.8 Å². The minimum Gasteiger partial charge on any atom is -0.497 e. The van der Waals surface area contributed by atoms with E-state index in [-0.39, 0.29) is 23.0 Å². The Morgan fingerprint density at radius 2 is 1.64 bits per heavy atom. The van der Waals surface area contributed by atoms with Gasteiger partial charge in [0.15, 0.2) is 0 Å². The fourth-order valence-electron chi connectivity index (χ4n) is 3.28. The van der Waals surface area contributed by atoms with Crippen LogP contribution in [0.2, 0.25) is 0 Å². The minimum absolute atomic E-state index is 0.142. The number of methoxy groups -OCH3 is 1. The van der Waals surface area contributed by atoms with E-state index >= 15 is 0 Å². The van der Waals surface area contributed by atoms with Crippen LogP contribution in [-0.4, -0.2) is 51.0 Å². The number of rotatable bonds is 5. The lowest BCUT2D eigenvalue weighted by Gasteiger charge is -2.38. The maximum absolute atomic E-state index is 12.5. The minimum atomic E-state index is -3.52. The summed E-state index contributed by atoms with van der Waals surface area (Å²) in [6.07, 6.45) is 5.59. The number of sulfonamides is 1. The summed E-state index contributed by atoms with van der Waals surface area (Å²) in [5, 5.41) is 5.84. The van der Waals surface area contributed by atoms with Crippen LogP contribution < -0.4 is 15.4 Å². The largest absolute Gasteiger partial charge is 0.497 e. The molecule has 3 rings (SSSR count). The third kappa shape index (κ3) is 4.24. The first-order chi connectivity index (χ1) is 12.0. The van der Waals surface area contributed by atoms with Crippen LogP contribution in [0.3, 0.4) is 0 Å². The molecule has 138 valence electrons. The number of nitrogens with one attached hydrogen (secondary N) is 2. The van der Waals surface area contributed by atoms with Gasteiger partial charge in [-0.15, -0.1) is 0 Å². The molecule has 2 aliphatic rings. The monoisotopic (exact) mass is 367 g/mol. The summed E-state index contributed by atoms with van der Waals surface area (Å²) >= 11 is 0. The van der Waals surface area contributed by atoms with Crippen molar-refractivity contribution in [2.24, 2.45) is 0 Å². The summed E-state index contributed by atoms with van der Waals surface area (Å²) in [7, 11) is -1.98. The molecule has 2 amide bonds. The molecule has 1 aromatic rings. The van der Waals surface area contributed by atoms with Crippen LogP contribution in [-0.2, 0) is 10.0 Å². The average Bonchev–Trinajstić information content (AvgIpc) is 2.58. The number of nitrogens with zero attached hydrogens (tertiary/aromatic N) is 1. The van der Waals surface area contributed by atoms with Crippen LogP contribution >= 0.6 is 0 Å². The highest BCUT2D eigenvalue weighted by atomic mass is 32.2. The van der Waals surface area contributed by atoms with Crippen molar-refractivity contribution in [1.82, 2.24) is 14.9 Å². The topological polar surface area (TPSA) is 87.7 Å². The molecule has 1 aliphatic carbocycles. The summed E-state index contributed by atoms with van der Waals surface area (Å²) in [6.45, 7) is 0.596. The zero-order valence-corrected chi connectivity index (χ0v) is 15.2. The van der Waals surface area contributed by atoms with Crippen molar-refractivity contribution < 1.29 is 17.9 Å². The summed E-state index contributed by atoms with van der Waals surface area (Å²) in [4.78, 5) is 12.2. The highest BCUT2D eigenvalue weighted by Gasteiger charge is 2.37. The Labute approximate surface area is 148 Å². The third-order valence-electron chi connectivity index (χ3n) is 4.82. The molecule has 0 aromatic heterocycles. The first kappa shape index (κ1) is 18.0. The van der Waals surface area contributed by atoms with Crippen molar-refractivity contribution in [1.29, 1.82) is 0 Å². The molecule has 0 radical (unpaired) electrons. The molecule has 0 unspecified atom stereocenters. The smallest absolute Gasteiger partial charge is 0.315 e. The van der Waals surface area contributed by atoms with Crippen LogP contribution in [0.25, 0.3) is 0 Å². The van der Waals surface area contributed by atoms with Gasteiger partial charge in [-0.3, -0.25) is 0 Å². The predicted octanol–water partition coefficient (Wildman–Crippen LogP) is 1.70. The standard InChI is InChI=1S/C17H25N3O4S/c1-24-15-7-9-16(10-8-15)25(22,23)20-11-14(12-20)19-17(21)18-13-5-3-2-4-6-13/h7-10,13-14H,2-6,11-12H2,1H3,(H2,18,19,21). The molecular formula is C17H25N3O4S. The van der Waals surface area contributed by atoms with Crippen LogP contribution in [0.15, 0.2) is 29.2 Å². The number of amides is 2. The van der Waals surface area contributed by atoms with Crippen LogP contribution in [0.1, 0.15) is 32.1 Å². The quantitative estimate of drug-likeness (QED) is 0.829. The summed E-state index contributed by atoms with van der Waals surface area (Å²) in [6, 6.07) is 6.22. The molecular weight excluding hydrogens is 342 g/mol. The van der Waals surface area contributed by atoms with E-state index < -0.39 is 10.0 Å². The first-order valence-corrected chi connectivity index (χ1v) is 10.1. The van der Waals surface area contributed by atoms with Gasteiger partial charge in [-0.2, -0.15) is 4.31 Å². The Balaban J connectivity index is 1.48. The van der Waals surface area contributed by atoms with E-state index in [1.54, 1.807) is 12.1 Å². The molecule has 1 aromatic carbocycles. The average molecular weight is 367 g/mol. The van der Waals surface area contributed by atoms with Gasteiger partial charge in [0, 0.05) is 19.1 Å². The lowest BCUT2D eigenvalue weighted by molar-refractivity contribution is 0.200. The second-order valence-electron chi connectivity index (χ2n) is 6.65. The highest BCUT2D eigenvalue weighted by molar-refractivity contribution is 7.89. The lowest BCUT2D eigenvalue weighted by atomic mass is 9.96. The molecule has 0 bridgehead atoms. The number of carbonyl (C=O) groups is 1. The van der Waals surface area contributed by atoms with Gasteiger partial charge in [0.2, 0.25) is 10.0 Å². The van der Waals surface area contributed by atoms with E-state index in [9.17, 15) is 13.2 Å². The lowest BCUT2D eigenvalue weighted by Crippen LogP contribution is -2.62. The molecule has 1 saturated carbocycles. The van der Waals surface area contributed by atoms with E-state index in [0.717, 1.165) is 25.7 Å². The molecule has 2 N–H and O–H groups in total. The maximum atomic E-state index is 12.5. The number of ether oxygens (including phenoxy) is 1. The highest BCUT2D eigenvalue weighted by Crippen LogP contribution is 2.23. The van der Waals surface area contributed by atoms with Gasteiger partial charge >= 0.3 is 6.03 Å². The zero-order valence-electron chi connectivity index (χ0n) is 14.4. The molecule has 25 heavy (non-hydrogen) atoms. The number of urea groups is 1. The molecule has 1 heterocycles. The van der Waals surface area contributed by atoms with Crippen LogP contribution in [0.4, 0.5) is 4.79 Å². The second-order valence-corrected chi connectivity index (χ2v) is 8.59. The summed E-state index contributed by atoms with van der Waals surface area (Å²) < 4.78 is 31.5. The van der Waals surface area contributed by atoms with Crippen molar-refractivity contribution in [3.8, 4) is 5.75 Å². The fraction of sp³-hybridized carbons (Fsp3) is 0.588. The van der Waals surface area contributed by atoms with E-state index in [1.165, 1.54) is 30.0 Å². The Hall–Kier alpha value is -1.80. The summed E-state index contributed by atoms with van der Waals surface area (Å²) in [5.74, 6) is 0.612. The molecule has 2 fully saturated rings. The zero-order chi connectivity index (χ0) is 17.9. The molecule has 8 heteroatoms. The molecule has 1 saturated heterocycles. The number of hydrogen-bond donors (Lipinski definition) is 2. The maximum Gasteiger partial charge on any atom is 0.315 e. The SMILES string of the molecule is COc1ccc(S(=O)(=O)N2CC(NC(=O)NC3CCCCC3)C2)cc1. The Kier molecular flexibility index (Phi) is 5.48. The second kappa shape index (κ2) is 7.61. The Bertz CT molecular complexity index is 693. The van der Waals surface area contributed by atoms with Gasteiger partial charge in [-0.25, -0.2) is 13.2 Å². The number of carbonyl (C=O) groups excluding carboxylic acids is 1. The van der Waals surface area contributed by atoms with E-state index in [1.807, 2.05) is 0 Å². The molecule has 0 spiro atoms. The first-order valence-electron chi connectivity index (χ1n) is 8.70. The van der Waals surface area contributed by atoms with E-state index in [2.05, 4.69) is 10.6 Å². The Morgan fingerprint density at radius 3 is 2.24 bits per heavy atom. The van der Waals surface area contributed by atoms with Crippen molar-refractivity contribution in [2.45, 2.75) is 49.1 Å². The summed E-state index contributed by atoms with van der Waals surface area (Å²) in [5.41, 5.74) is 0. The van der Waals surface area contributed by atoms with Crippen molar-refractivity contribution >= 4 is 16.1 Å². The van der Waals surface area contributed by atoms with Crippen LogP contribution in [0, 0.1) is 0 Å². The van der Waals surface area contributed by atoms with Crippen LogP contribution in [0.5, 0.6) is 5.75 Å². The van der Waals surface area contributed by atoms with Crippen molar-refractivity contribution in [2.75, 3.05) is 20.2 Å². The predicted molar refractivity (Wildman–Crippen MR) is 94.1 cm³/mol. The van der Waals surface area contributed by atoms with Gasteiger partial charge in [-0.05, 0) is 37.1 Å². The van der Waals surface area contributed by atoms with Gasteiger partial charge in [0.25, 0.3) is 0 Å². The Morgan fingerprint density at radius 1 is 1.04 bits per heavy atom. The fourth-order valence-corrected chi connectivity index (χ4v) is 4.81. The van der Waals surface area contributed by atoms with Crippen molar-refractivity contribution in [3.63, 3.8) is 0 Å². The third-order valence-corrected chi connectivity index (χ3v) is 6.67. The molecule has 7 nitrogen and oxygen atoms in total. The van der Waals surface area contributed by atoms with Crippen molar-refractivity contribution in [3.05, 3.63) is 24.3 Å². The van der Waals surface area contributed by atoms with Gasteiger partial charge < -0.3 is 15.4 Å². The van der Waals surface area contributed by atoms with E-state index in [4.69, 9.17) is 4.74 Å². The number of hydrogen-bond acceptors (Lipinski definition) is 4. The van der Waals surface area contributed by atoms with Gasteiger partial charge in [-0.1, -0.05) is 19.3 Å².